The summed E-state index contributed by atoms with van der Waals surface area (Å²) in [6.45, 7) is 6.95. The van der Waals surface area contributed by atoms with Crippen LogP contribution in [0.4, 0.5) is 14.0 Å². The standard InChI is InChI=1S/C23H33FN2O5/c1-22(2,3)30-20(28)25-13-4-6-19(16-25)26-14-12-23(11-5-15-27,31-21(26)29)17-7-9-18(24)10-8-17/h7-10,19,27H,4-6,11-16H2,1-3H3/t19-,23-/m0/s1. The second kappa shape index (κ2) is 9.42. The highest BCUT2D eigenvalue weighted by Gasteiger charge is 2.44. The third-order valence-electron chi connectivity index (χ3n) is 5.87. The summed E-state index contributed by atoms with van der Waals surface area (Å²) >= 11 is 0. The number of benzene rings is 1. The van der Waals surface area contributed by atoms with E-state index in [1.54, 1.807) is 21.9 Å². The minimum Gasteiger partial charge on any atom is -0.444 e. The molecule has 2 saturated heterocycles. The number of amides is 2. The predicted octanol–water partition coefficient (Wildman–Crippen LogP) is 4.04. The molecule has 2 aliphatic heterocycles. The van der Waals surface area contributed by atoms with Gasteiger partial charge in [-0.1, -0.05) is 12.1 Å². The van der Waals surface area contributed by atoms with Gasteiger partial charge in [0.1, 0.15) is 17.0 Å². The highest BCUT2D eigenvalue weighted by molar-refractivity contribution is 5.71. The smallest absolute Gasteiger partial charge is 0.410 e. The van der Waals surface area contributed by atoms with Crippen LogP contribution in [0.5, 0.6) is 0 Å². The van der Waals surface area contributed by atoms with E-state index >= 15 is 0 Å². The number of carbonyl (C=O) groups excluding carboxylic acids is 2. The number of halogens is 1. The SMILES string of the molecule is CC(C)(C)OC(=O)N1CCC[C@H](N2CC[C@@](CCCO)(c3ccc(F)cc3)OC2=O)C1. The Morgan fingerprint density at radius 1 is 1.29 bits per heavy atom. The largest absolute Gasteiger partial charge is 0.444 e. The van der Waals surface area contributed by atoms with Crippen LogP contribution in [-0.2, 0) is 15.1 Å². The third-order valence-corrected chi connectivity index (χ3v) is 5.87. The number of nitrogens with zero attached hydrogens (tertiary/aromatic N) is 2. The molecule has 0 aromatic heterocycles. The van der Waals surface area contributed by atoms with E-state index in [9.17, 15) is 19.1 Å². The Morgan fingerprint density at radius 3 is 2.61 bits per heavy atom. The van der Waals surface area contributed by atoms with E-state index in [0.717, 1.165) is 18.4 Å². The summed E-state index contributed by atoms with van der Waals surface area (Å²) in [6, 6.07) is 5.85. The van der Waals surface area contributed by atoms with Gasteiger partial charge < -0.3 is 24.4 Å². The van der Waals surface area contributed by atoms with Crippen molar-refractivity contribution in [1.82, 2.24) is 9.80 Å². The van der Waals surface area contributed by atoms with Crippen molar-refractivity contribution in [2.75, 3.05) is 26.2 Å². The number of piperidine rings is 1. The van der Waals surface area contributed by atoms with Gasteiger partial charge in [-0.2, -0.15) is 0 Å². The first-order chi connectivity index (χ1) is 14.6. The zero-order valence-electron chi connectivity index (χ0n) is 18.6. The van der Waals surface area contributed by atoms with Gasteiger partial charge in [0.2, 0.25) is 0 Å². The highest BCUT2D eigenvalue weighted by Crippen LogP contribution is 2.39. The van der Waals surface area contributed by atoms with Gasteiger partial charge in [0, 0.05) is 32.7 Å². The van der Waals surface area contributed by atoms with Crippen LogP contribution in [-0.4, -0.2) is 65.0 Å². The number of cyclic esters (lactones) is 1. The molecular weight excluding hydrogens is 403 g/mol. The Labute approximate surface area is 183 Å². The van der Waals surface area contributed by atoms with Gasteiger partial charge in [0.05, 0.1) is 6.04 Å². The summed E-state index contributed by atoms with van der Waals surface area (Å²) in [4.78, 5) is 28.9. The van der Waals surface area contributed by atoms with Gasteiger partial charge in [-0.3, -0.25) is 0 Å². The maximum Gasteiger partial charge on any atom is 0.410 e. The minimum absolute atomic E-state index is 0.0162. The van der Waals surface area contributed by atoms with E-state index in [1.807, 2.05) is 20.8 Å². The van der Waals surface area contributed by atoms with Crippen LogP contribution in [0.1, 0.15) is 58.4 Å². The summed E-state index contributed by atoms with van der Waals surface area (Å²) in [5, 5.41) is 9.33. The van der Waals surface area contributed by atoms with Crippen LogP contribution in [0, 0.1) is 5.82 Å². The van der Waals surface area contributed by atoms with Crippen molar-refractivity contribution in [2.45, 2.75) is 70.1 Å². The van der Waals surface area contributed by atoms with Gasteiger partial charge in [-0.25, -0.2) is 14.0 Å². The highest BCUT2D eigenvalue weighted by atomic mass is 19.1. The third kappa shape index (κ3) is 5.67. The van der Waals surface area contributed by atoms with E-state index in [0.29, 0.717) is 38.9 Å². The Morgan fingerprint density at radius 2 is 2.00 bits per heavy atom. The van der Waals surface area contributed by atoms with E-state index in [-0.39, 0.29) is 24.6 Å². The number of aliphatic hydroxyl groups is 1. The second-order valence-electron chi connectivity index (χ2n) is 9.36. The molecule has 2 amide bonds. The zero-order valence-corrected chi connectivity index (χ0v) is 18.6. The van der Waals surface area contributed by atoms with Crippen LogP contribution >= 0.6 is 0 Å². The molecule has 0 aliphatic carbocycles. The molecule has 8 heteroatoms. The lowest BCUT2D eigenvalue weighted by atomic mass is 9.84. The molecule has 2 aliphatic rings. The predicted molar refractivity (Wildman–Crippen MR) is 113 cm³/mol. The van der Waals surface area contributed by atoms with Gasteiger partial charge in [0.25, 0.3) is 0 Å². The summed E-state index contributed by atoms with van der Waals surface area (Å²) in [6.07, 6.45) is 2.23. The molecule has 2 atom stereocenters. The van der Waals surface area contributed by atoms with Gasteiger partial charge in [0.15, 0.2) is 0 Å². The number of likely N-dealkylation sites (tertiary alicyclic amines) is 1. The Kier molecular flexibility index (Phi) is 7.09. The summed E-state index contributed by atoms with van der Waals surface area (Å²) in [5.41, 5.74) is -0.728. The fourth-order valence-corrected chi connectivity index (χ4v) is 4.34. The molecule has 172 valence electrons. The number of carbonyl (C=O) groups is 2. The van der Waals surface area contributed by atoms with E-state index in [4.69, 9.17) is 9.47 Å². The molecule has 7 nitrogen and oxygen atoms in total. The molecule has 0 radical (unpaired) electrons. The first kappa shape index (κ1) is 23.3. The average molecular weight is 437 g/mol. The number of rotatable bonds is 5. The van der Waals surface area contributed by atoms with E-state index in [2.05, 4.69) is 0 Å². The fourth-order valence-electron chi connectivity index (χ4n) is 4.34. The Hall–Kier alpha value is -2.35. The van der Waals surface area contributed by atoms with Gasteiger partial charge >= 0.3 is 12.2 Å². The number of hydrogen-bond acceptors (Lipinski definition) is 5. The van der Waals surface area contributed by atoms with Crippen LogP contribution in [0.3, 0.4) is 0 Å². The maximum atomic E-state index is 13.4. The van der Waals surface area contributed by atoms with Crippen molar-refractivity contribution in [3.8, 4) is 0 Å². The van der Waals surface area contributed by atoms with Crippen LogP contribution in [0.15, 0.2) is 24.3 Å². The van der Waals surface area contributed by atoms with Crippen molar-refractivity contribution < 1.29 is 28.6 Å². The number of ether oxygens (including phenoxy) is 2. The quantitative estimate of drug-likeness (QED) is 0.754. The molecule has 1 aromatic rings. The zero-order chi connectivity index (χ0) is 22.6. The van der Waals surface area contributed by atoms with Gasteiger partial charge in [-0.05, 0) is 64.2 Å². The van der Waals surface area contributed by atoms with Crippen molar-refractivity contribution in [3.05, 3.63) is 35.6 Å². The van der Waals surface area contributed by atoms with Crippen molar-refractivity contribution in [1.29, 1.82) is 0 Å². The van der Waals surface area contributed by atoms with Crippen LogP contribution in [0.2, 0.25) is 0 Å². The molecule has 2 fully saturated rings. The molecular formula is C23H33FN2O5. The molecule has 0 bridgehead atoms. The second-order valence-corrected chi connectivity index (χ2v) is 9.36. The molecule has 31 heavy (non-hydrogen) atoms. The Bertz CT molecular complexity index is 779. The molecule has 3 rings (SSSR count). The molecule has 1 aromatic carbocycles. The number of aliphatic hydroxyl groups excluding tert-OH is 1. The minimum atomic E-state index is -0.885. The molecule has 0 unspecified atom stereocenters. The van der Waals surface area contributed by atoms with E-state index < -0.39 is 17.3 Å². The topological polar surface area (TPSA) is 79.3 Å². The summed E-state index contributed by atoms with van der Waals surface area (Å²) in [5.74, 6) is -0.353. The molecule has 1 N–H and O–H groups in total. The summed E-state index contributed by atoms with van der Waals surface area (Å²) < 4.78 is 24.9. The van der Waals surface area contributed by atoms with Crippen molar-refractivity contribution >= 4 is 12.2 Å². The van der Waals surface area contributed by atoms with Crippen LogP contribution in [0.25, 0.3) is 0 Å². The summed E-state index contributed by atoms with van der Waals surface area (Å²) in [7, 11) is 0. The maximum absolute atomic E-state index is 13.4. The first-order valence-corrected chi connectivity index (χ1v) is 11.0. The Balaban J connectivity index is 1.71. The van der Waals surface area contributed by atoms with Gasteiger partial charge in [-0.15, -0.1) is 0 Å². The first-order valence-electron chi connectivity index (χ1n) is 11.0. The van der Waals surface area contributed by atoms with E-state index in [1.165, 1.54) is 12.1 Å². The lowest BCUT2D eigenvalue weighted by molar-refractivity contribution is -0.0748. The molecule has 0 spiro atoms. The van der Waals surface area contributed by atoms with Crippen molar-refractivity contribution in [2.24, 2.45) is 0 Å². The van der Waals surface area contributed by atoms with Crippen molar-refractivity contribution in [3.63, 3.8) is 0 Å². The average Bonchev–Trinajstić information content (AvgIpc) is 2.71. The lowest BCUT2D eigenvalue weighted by Gasteiger charge is -2.46. The lowest BCUT2D eigenvalue weighted by Crippen LogP contribution is -2.57. The number of hydrogen-bond donors (Lipinski definition) is 1. The van der Waals surface area contributed by atoms with Crippen LogP contribution < -0.4 is 0 Å². The monoisotopic (exact) mass is 436 g/mol. The molecule has 0 saturated carbocycles. The normalized spacial score (nSPS) is 24.7. The fraction of sp³-hybridized carbons (Fsp3) is 0.652. The molecule has 2 heterocycles.